The van der Waals surface area contributed by atoms with E-state index in [1.807, 2.05) is 13.8 Å². The highest BCUT2D eigenvalue weighted by atomic mass is 16.4. The molecule has 1 unspecified atom stereocenters. The van der Waals surface area contributed by atoms with E-state index >= 15 is 0 Å². The number of aliphatic carboxylic acids is 1. The summed E-state index contributed by atoms with van der Waals surface area (Å²) in [5.74, 6) is -0.315. The van der Waals surface area contributed by atoms with Gasteiger partial charge in [-0.2, -0.15) is 0 Å². The first-order valence-corrected chi connectivity index (χ1v) is 7.64. The maximum absolute atomic E-state index is 12.2. The molecule has 0 radical (unpaired) electrons. The molecule has 0 saturated heterocycles. The van der Waals surface area contributed by atoms with E-state index < -0.39 is 11.5 Å². The lowest BCUT2D eigenvalue weighted by atomic mass is 9.75. The van der Waals surface area contributed by atoms with E-state index in [4.69, 9.17) is 0 Å². The molecule has 1 saturated carbocycles. The van der Waals surface area contributed by atoms with E-state index in [1.54, 1.807) is 11.9 Å². The molecular weight excluding hydrogens is 256 g/mol. The highest BCUT2D eigenvalue weighted by Gasteiger charge is 2.43. The van der Waals surface area contributed by atoms with Crippen molar-refractivity contribution in [2.24, 2.45) is 5.92 Å². The van der Waals surface area contributed by atoms with Crippen molar-refractivity contribution in [3.63, 3.8) is 0 Å². The van der Waals surface area contributed by atoms with Crippen LogP contribution in [-0.4, -0.2) is 40.6 Å². The fourth-order valence-corrected chi connectivity index (χ4v) is 2.74. The second-order valence-electron chi connectivity index (χ2n) is 6.04. The Balaban J connectivity index is 2.74. The largest absolute Gasteiger partial charge is 0.480 e. The van der Waals surface area contributed by atoms with Gasteiger partial charge in [-0.1, -0.05) is 20.3 Å². The molecule has 1 fully saturated rings. The minimum absolute atomic E-state index is 0.104. The van der Waals surface area contributed by atoms with E-state index in [0.29, 0.717) is 18.8 Å². The minimum atomic E-state index is -1.08. The molecule has 0 aromatic rings. The molecule has 0 spiro atoms. The summed E-state index contributed by atoms with van der Waals surface area (Å²) in [5.41, 5.74) is -1.08. The normalized spacial score (nSPS) is 27.7. The van der Waals surface area contributed by atoms with Gasteiger partial charge in [0.2, 0.25) is 0 Å². The second kappa shape index (κ2) is 6.95. The number of nitrogens with one attached hydrogen (secondary N) is 1. The number of hydrogen-bond donors (Lipinski definition) is 2. The molecule has 0 aliphatic heterocycles. The van der Waals surface area contributed by atoms with Crippen LogP contribution in [0.5, 0.6) is 0 Å². The smallest absolute Gasteiger partial charge is 0.329 e. The molecule has 0 aromatic carbocycles. The van der Waals surface area contributed by atoms with Crippen molar-refractivity contribution in [3.8, 4) is 0 Å². The van der Waals surface area contributed by atoms with Crippen molar-refractivity contribution in [2.75, 3.05) is 7.05 Å². The van der Waals surface area contributed by atoms with Crippen LogP contribution >= 0.6 is 0 Å². The Morgan fingerprint density at radius 2 is 1.90 bits per heavy atom. The van der Waals surface area contributed by atoms with Crippen molar-refractivity contribution in [1.29, 1.82) is 0 Å². The Bertz CT molecular complexity index is 349. The van der Waals surface area contributed by atoms with Crippen molar-refractivity contribution >= 4 is 12.0 Å². The van der Waals surface area contributed by atoms with Gasteiger partial charge in [-0.3, -0.25) is 0 Å². The van der Waals surface area contributed by atoms with Crippen LogP contribution in [0, 0.1) is 5.92 Å². The number of carboxylic acids is 1. The Labute approximate surface area is 121 Å². The van der Waals surface area contributed by atoms with Gasteiger partial charge in [0.15, 0.2) is 0 Å². The molecule has 0 bridgehead atoms. The summed E-state index contributed by atoms with van der Waals surface area (Å²) in [6.45, 7) is 6.10. The molecule has 5 heteroatoms. The molecule has 1 atom stereocenters. The molecule has 20 heavy (non-hydrogen) atoms. The summed E-state index contributed by atoms with van der Waals surface area (Å²) in [7, 11) is 1.72. The Morgan fingerprint density at radius 3 is 2.30 bits per heavy atom. The third-order valence-electron chi connectivity index (χ3n) is 4.86. The summed E-state index contributed by atoms with van der Waals surface area (Å²) in [6, 6.07) is -0.176. The molecule has 0 heterocycles. The van der Waals surface area contributed by atoms with Crippen LogP contribution in [-0.2, 0) is 4.79 Å². The quantitative estimate of drug-likeness (QED) is 0.815. The first-order chi connectivity index (χ1) is 9.36. The lowest BCUT2D eigenvalue weighted by Gasteiger charge is -2.38. The number of carbonyl (C=O) groups excluding carboxylic acids is 1. The lowest BCUT2D eigenvalue weighted by molar-refractivity contribution is -0.146. The topological polar surface area (TPSA) is 69.6 Å². The zero-order valence-electron chi connectivity index (χ0n) is 13.1. The fourth-order valence-electron chi connectivity index (χ4n) is 2.74. The average Bonchev–Trinajstić information content (AvgIpc) is 2.46. The van der Waals surface area contributed by atoms with E-state index in [-0.39, 0.29) is 12.1 Å². The Kier molecular flexibility index (Phi) is 5.84. The van der Waals surface area contributed by atoms with Gasteiger partial charge >= 0.3 is 12.0 Å². The number of urea groups is 1. The Hall–Kier alpha value is -1.26. The molecule has 2 amide bonds. The van der Waals surface area contributed by atoms with Crippen LogP contribution in [0.2, 0.25) is 0 Å². The van der Waals surface area contributed by atoms with Crippen molar-refractivity contribution in [1.82, 2.24) is 10.2 Å². The van der Waals surface area contributed by atoms with Gasteiger partial charge < -0.3 is 15.3 Å². The third-order valence-corrected chi connectivity index (χ3v) is 4.86. The van der Waals surface area contributed by atoms with Crippen molar-refractivity contribution in [3.05, 3.63) is 0 Å². The number of nitrogens with zero attached hydrogens (tertiary/aromatic N) is 1. The molecule has 1 rings (SSSR count). The minimum Gasteiger partial charge on any atom is -0.480 e. The molecule has 1 aliphatic rings. The zero-order chi connectivity index (χ0) is 15.3. The Morgan fingerprint density at radius 1 is 1.35 bits per heavy atom. The van der Waals surface area contributed by atoms with Crippen LogP contribution in [0.15, 0.2) is 0 Å². The van der Waals surface area contributed by atoms with Gasteiger partial charge in [0.05, 0.1) is 0 Å². The molecule has 0 aromatic heterocycles. The first kappa shape index (κ1) is 16.8. The number of rotatable bonds is 5. The summed E-state index contributed by atoms with van der Waals surface area (Å²) < 4.78 is 0. The van der Waals surface area contributed by atoms with Gasteiger partial charge in [-0.05, 0) is 44.9 Å². The number of carbonyl (C=O) groups is 2. The van der Waals surface area contributed by atoms with Crippen LogP contribution in [0.25, 0.3) is 0 Å². The number of amides is 2. The molecule has 5 nitrogen and oxygen atoms in total. The third kappa shape index (κ3) is 3.64. The molecule has 2 N–H and O–H groups in total. The first-order valence-electron chi connectivity index (χ1n) is 7.64. The summed E-state index contributed by atoms with van der Waals surface area (Å²) in [5, 5.41) is 12.3. The van der Waals surface area contributed by atoms with Crippen LogP contribution in [0.1, 0.15) is 59.3 Å². The highest BCUT2D eigenvalue weighted by molar-refractivity contribution is 5.86. The monoisotopic (exact) mass is 284 g/mol. The van der Waals surface area contributed by atoms with Crippen LogP contribution in [0.3, 0.4) is 0 Å². The summed E-state index contributed by atoms with van der Waals surface area (Å²) in [6.07, 6.45) is 4.73. The average molecular weight is 284 g/mol. The highest BCUT2D eigenvalue weighted by Crippen LogP contribution is 2.34. The van der Waals surface area contributed by atoms with Gasteiger partial charge in [0, 0.05) is 13.1 Å². The predicted molar refractivity (Wildman–Crippen MR) is 78.7 cm³/mol. The fraction of sp³-hybridized carbons (Fsp3) is 0.867. The molecular formula is C15H28N2O3. The molecule has 1 aliphatic carbocycles. The lowest BCUT2D eigenvalue weighted by Crippen LogP contribution is -2.59. The van der Waals surface area contributed by atoms with E-state index in [9.17, 15) is 14.7 Å². The van der Waals surface area contributed by atoms with Gasteiger partial charge in [-0.15, -0.1) is 0 Å². The summed E-state index contributed by atoms with van der Waals surface area (Å²) in [4.78, 5) is 25.5. The van der Waals surface area contributed by atoms with E-state index in [2.05, 4.69) is 12.2 Å². The van der Waals surface area contributed by atoms with Crippen LogP contribution in [0.4, 0.5) is 4.79 Å². The number of hydrogen-bond acceptors (Lipinski definition) is 2. The summed E-state index contributed by atoms with van der Waals surface area (Å²) >= 11 is 0. The molecule has 116 valence electrons. The predicted octanol–water partition coefficient (Wildman–Crippen LogP) is 2.85. The second-order valence-corrected chi connectivity index (χ2v) is 6.04. The van der Waals surface area contributed by atoms with Crippen LogP contribution < -0.4 is 5.32 Å². The maximum atomic E-state index is 12.2. The maximum Gasteiger partial charge on any atom is 0.329 e. The van der Waals surface area contributed by atoms with Gasteiger partial charge in [0.25, 0.3) is 0 Å². The van der Waals surface area contributed by atoms with Crippen molar-refractivity contribution < 1.29 is 14.7 Å². The van der Waals surface area contributed by atoms with E-state index in [0.717, 1.165) is 25.7 Å². The number of carboxylic acid groups (broad SMARTS) is 1. The SMILES string of the molecule is CCC1CCC(NC(=O)N(C)C(C)CC)(C(=O)O)CC1. The zero-order valence-corrected chi connectivity index (χ0v) is 13.1. The van der Waals surface area contributed by atoms with E-state index in [1.165, 1.54) is 0 Å². The van der Waals surface area contributed by atoms with Gasteiger partial charge in [-0.25, -0.2) is 9.59 Å². The standard InChI is InChI=1S/C15H28N2O3/c1-5-11(3)17(4)14(20)16-15(13(18)19)9-7-12(6-2)8-10-15/h11-12H,5-10H2,1-4H3,(H,16,20)(H,18,19). The van der Waals surface area contributed by atoms with Gasteiger partial charge in [0.1, 0.15) is 5.54 Å². The van der Waals surface area contributed by atoms with Crippen molar-refractivity contribution in [2.45, 2.75) is 70.9 Å².